The monoisotopic (exact) mass is 355 g/mol. The molecule has 140 valence electrons. The second-order valence-corrected chi connectivity index (χ2v) is 7.68. The average molecular weight is 355 g/mol. The zero-order chi connectivity index (χ0) is 18.1. The summed E-state index contributed by atoms with van der Waals surface area (Å²) in [6.45, 7) is 2.06. The summed E-state index contributed by atoms with van der Waals surface area (Å²) in [7, 11) is 5.43. The van der Waals surface area contributed by atoms with Crippen LogP contribution in [0.25, 0.3) is 10.8 Å². The number of hydrogen-bond acceptors (Lipinski definition) is 4. The van der Waals surface area contributed by atoms with Crippen LogP contribution in [0.5, 0.6) is 5.75 Å². The highest BCUT2D eigenvalue weighted by Crippen LogP contribution is 2.43. The molecule has 0 spiro atoms. The normalized spacial score (nSPS) is 29.0. The maximum absolute atomic E-state index is 6.05. The summed E-state index contributed by atoms with van der Waals surface area (Å²) in [5, 5.41) is 2.48. The van der Waals surface area contributed by atoms with Crippen LogP contribution in [-0.2, 0) is 16.0 Å². The van der Waals surface area contributed by atoms with E-state index in [1.165, 1.54) is 16.3 Å². The fourth-order valence-corrected chi connectivity index (χ4v) is 4.89. The summed E-state index contributed by atoms with van der Waals surface area (Å²) in [5.74, 6) is 0.905. The Kier molecular flexibility index (Phi) is 4.91. The predicted octanol–water partition coefficient (Wildman–Crippen LogP) is 4.01. The zero-order valence-corrected chi connectivity index (χ0v) is 16.0. The van der Waals surface area contributed by atoms with Gasteiger partial charge in [-0.15, -0.1) is 0 Å². The van der Waals surface area contributed by atoms with Gasteiger partial charge in [0.15, 0.2) is 0 Å². The molecule has 1 aliphatic heterocycles. The average Bonchev–Trinajstić information content (AvgIpc) is 3.05. The van der Waals surface area contributed by atoms with E-state index in [2.05, 4.69) is 35.2 Å². The fourth-order valence-electron chi connectivity index (χ4n) is 4.89. The van der Waals surface area contributed by atoms with Gasteiger partial charge in [0, 0.05) is 33.4 Å². The Bertz CT molecular complexity index is 777. The van der Waals surface area contributed by atoms with Crippen molar-refractivity contribution in [3.05, 3.63) is 42.0 Å². The zero-order valence-electron chi connectivity index (χ0n) is 16.0. The van der Waals surface area contributed by atoms with Crippen molar-refractivity contribution in [3.8, 4) is 5.75 Å². The largest absolute Gasteiger partial charge is 0.497 e. The molecule has 0 amide bonds. The molecule has 2 aromatic carbocycles. The van der Waals surface area contributed by atoms with E-state index in [1.54, 1.807) is 7.11 Å². The van der Waals surface area contributed by atoms with E-state index in [9.17, 15) is 0 Å². The van der Waals surface area contributed by atoms with Crippen LogP contribution in [0.4, 0.5) is 0 Å². The summed E-state index contributed by atoms with van der Waals surface area (Å²) in [5.41, 5.74) is 1.37. The number of nitrogens with zero attached hydrogens (tertiary/aromatic N) is 1. The number of fused-ring (bicyclic) bond motifs is 2. The maximum Gasteiger partial charge on any atom is 0.119 e. The summed E-state index contributed by atoms with van der Waals surface area (Å²) in [6.07, 6.45) is 4.74. The van der Waals surface area contributed by atoms with Crippen LogP contribution in [0.1, 0.15) is 31.2 Å². The molecule has 26 heavy (non-hydrogen) atoms. The summed E-state index contributed by atoms with van der Waals surface area (Å²) in [4.78, 5) is 2.60. The van der Waals surface area contributed by atoms with E-state index in [1.807, 2.05) is 20.3 Å². The van der Waals surface area contributed by atoms with Crippen molar-refractivity contribution in [2.24, 2.45) is 0 Å². The third-order valence-electron chi connectivity index (χ3n) is 6.48. The lowest BCUT2D eigenvalue weighted by molar-refractivity contribution is -0.0947. The first kappa shape index (κ1) is 17.8. The molecule has 4 rings (SSSR count). The number of ether oxygens (including phenoxy) is 3. The van der Waals surface area contributed by atoms with Gasteiger partial charge < -0.3 is 14.2 Å². The maximum atomic E-state index is 6.05. The van der Waals surface area contributed by atoms with Gasteiger partial charge >= 0.3 is 0 Å². The molecule has 0 N–H and O–H groups in total. The van der Waals surface area contributed by atoms with Gasteiger partial charge in [0.2, 0.25) is 0 Å². The lowest BCUT2D eigenvalue weighted by Gasteiger charge is -2.43. The highest BCUT2D eigenvalue weighted by Gasteiger charge is 2.50. The van der Waals surface area contributed by atoms with Crippen molar-refractivity contribution in [2.45, 2.75) is 50.0 Å². The molecule has 2 aromatic rings. The standard InChI is InChI=1S/C22H29NO3/c1-24-19-7-6-17-12-16(4-5-18(17)13-19)15-23-11-10-22(26-3)9-8-20(25-2)14-21(22)23/h4-7,12-13,20-21H,8-11,14-15H2,1-3H3/t20-,21-,22+/m0/s1. The summed E-state index contributed by atoms with van der Waals surface area (Å²) in [6, 6.07) is 13.5. The van der Waals surface area contributed by atoms with Crippen LogP contribution >= 0.6 is 0 Å². The Labute approximate surface area is 156 Å². The van der Waals surface area contributed by atoms with Gasteiger partial charge in [-0.05, 0) is 60.2 Å². The predicted molar refractivity (Wildman–Crippen MR) is 104 cm³/mol. The lowest BCUT2D eigenvalue weighted by Crippen LogP contribution is -2.51. The first-order valence-electron chi connectivity index (χ1n) is 9.56. The van der Waals surface area contributed by atoms with Crippen molar-refractivity contribution >= 4 is 10.8 Å². The van der Waals surface area contributed by atoms with E-state index in [0.717, 1.165) is 44.5 Å². The van der Waals surface area contributed by atoms with Crippen LogP contribution in [0.15, 0.2) is 36.4 Å². The first-order valence-corrected chi connectivity index (χ1v) is 9.56. The van der Waals surface area contributed by atoms with Gasteiger partial charge in [0.05, 0.1) is 18.8 Å². The summed E-state index contributed by atoms with van der Waals surface area (Å²) >= 11 is 0. The number of hydrogen-bond donors (Lipinski definition) is 0. The molecule has 0 radical (unpaired) electrons. The van der Waals surface area contributed by atoms with E-state index < -0.39 is 0 Å². The molecular weight excluding hydrogens is 326 g/mol. The van der Waals surface area contributed by atoms with Crippen molar-refractivity contribution in [3.63, 3.8) is 0 Å². The molecular formula is C22H29NO3. The molecule has 0 bridgehead atoms. The van der Waals surface area contributed by atoms with Gasteiger partial charge in [-0.25, -0.2) is 0 Å². The molecule has 1 saturated carbocycles. The Balaban J connectivity index is 1.55. The quantitative estimate of drug-likeness (QED) is 0.811. The molecule has 1 saturated heterocycles. The Morgan fingerprint density at radius 3 is 2.62 bits per heavy atom. The Morgan fingerprint density at radius 2 is 1.85 bits per heavy atom. The molecule has 0 unspecified atom stereocenters. The van der Waals surface area contributed by atoms with Crippen molar-refractivity contribution < 1.29 is 14.2 Å². The number of benzene rings is 2. The SMILES string of the molecule is COc1ccc2cc(CN3CC[C@]4(OC)CC[C@H](OC)C[C@H]34)ccc2c1. The van der Waals surface area contributed by atoms with Crippen molar-refractivity contribution in [2.75, 3.05) is 27.9 Å². The van der Waals surface area contributed by atoms with E-state index >= 15 is 0 Å². The van der Waals surface area contributed by atoms with E-state index in [-0.39, 0.29) is 5.60 Å². The highest BCUT2D eigenvalue weighted by atomic mass is 16.5. The molecule has 0 aromatic heterocycles. The van der Waals surface area contributed by atoms with Crippen LogP contribution in [-0.4, -0.2) is 50.5 Å². The first-order chi connectivity index (χ1) is 12.7. The third-order valence-corrected chi connectivity index (χ3v) is 6.48. The molecule has 1 heterocycles. The van der Waals surface area contributed by atoms with Crippen molar-refractivity contribution in [1.29, 1.82) is 0 Å². The number of likely N-dealkylation sites (tertiary alicyclic amines) is 1. The molecule has 4 heteroatoms. The van der Waals surface area contributed by atoms with E-state index in [0.29, 0.717) is 12.1 Å². The second kappa shape index (κ2) is 7.18. The van der Waals surface area contributed by atoms with E-state index in [4.69, 9.17) is 14.2 Å². The fraction of sp³-hybridized carbons (Fsp3) is 0.545. The van der Waals surface area contributed by atoms with Crippen LogP contribution < -0.4 is 4.74 Å². The minimum absolute atomic E-state index is 0.0131. The topological polar surface area (TPSA) is 30.9 Å². The minimum Gasteiger partial charge on any atom is -0.497 e. The summed E-state index contributed by atoms with van der Waals surface area (Å²) < 4.78 is 17.1. The smallest absolute Gasteiger partial charge is 0.119 e. The Hall–Kier alpha value is -1.62. The molecule has 3 atom stereocenters. The third kappa shape index (κ3) is 3.11. The molecule has 2 aliphatic rings. The van der Waals surface area contributed by atoms with Gasteiger partial charge in [-0.1, -0.05) is 18.2 Å². The lowest BCUT2D eigenvalue weighted by atomic mass is 9.79. The van der Waals surface area contributed by atoms with Gasteiger partial charge in [0.1, 0.15) is 5.75 Å². The highest BCUT2D eigenvalue weighted by molar-refractivity contribution is 5.84. The number of methoxy groups -OCH3 is 3. The van der Waals surface area contributed by atoms with Crippen molar-refractivity contribution in [1.82, 2.24) is 4.90 Å². The van der Waals surface area contributed by atoms with Gasteiger partial charge in [-0.2, -0.15) is 0 Å². The van der Waals surface area contributed by atoms with Crippen LogP contribution in [0, 0.1) is 0 Å². The van der Waals surface area contributed by atoms with Gasteiger partial charge in [-0.3, -0.25) is 4.90 Å². The molecule has 4 nitrogen and oxygen atoms in total. The van der Waals surface area contributed by atoms with Gasteiger partial charge in [0.25, 0.3) is 0 Å². The molecule has 2 fully saturated rings. The second-order valence-electron chi connectivity index (χ2n) is 7.68. The molecule has 1 aliphatic carbocycles. The van der Waals surface area contributed by atoms with Crippen LogP contribution in [0.2, 0.25) is 0 Å². The van der Waals surface area contributed by atoms with Crippen LogP contribution in [0.3, 0.4) is 0 Å². The minimum atomic E-state index is 0.0131. The number of rotatable bonds is 5. The Morgan fingerprint density at radius 1 is 1.04 bits per heavy atom.